The zero-order chi connectivity index (χ0) is 30.8. The summed E-state index contributed by atoms with van der Waals surface area (Å²) >= 11 is 0. The second-order valence-electron chi connectivity index (χ2n) is 10.9. The second kappa shape index (κ2) is 10.5. The van der Waals surface area contributed by atoms with Gasteiger partial charge in [0.2, 0.25) is 5.78 Å². The number of rotatable bonds is 6. The van der Waals surface area contributed by atoms with E-state index in [0.29, 0.717) is 0 Å². The van der Waals surface area contributed by atoms with Crippen molar-refractivity contribution in [3.63, 3.8) is 0 Å². The molecule has 7 N–H and O–H groups in total. The number of phenols is 2. The van der Waals surface area contributed by atoms with Gasteiger partial charge in [0.1, 0.15) is 29.5 Å². The first kappa shape index (κ1) is 29.8. The normalized spacial score (nSPS) is 28.5. The van der Waals surface area contributed by atoms with Crippen molar-refractivity contribution in [1.29, 1.82) is 0 Å². The standard InChI is InChI=1S/C29H31NO12/c1-10(32)12-4-5-13-20(28(12)40-3)27(38)22-21(24(13)35)25(36)14-7-29(39,17(33)9-31)8-16(19(14)26(22)37)42-18-6-15(30)23(34)11(2)41-18/h4-5,11,15-16,18,23,31,34,36-37,39H,6-9,30H2,1-3H3/t11-,15-,16-,18-,23+,29-/m0/s1. The van der Waals surface area contributed by atoms with Gasteiger partial charge in [-0.25, -0.2) is 0 Å². The zero-order valence-electron chi connectivity index (χ0n) is 23.0. The number of aliphatic hydroxyl groups excluding tert-OH is 2. The van der Waals surface area contributed by atoms with Gasteiger partial charge in [0.15, 0.2) is 23.6 Å². The van der Waals surface area contributed by atoms with E-state index in [1.54, 1.807) is 6.92 Å². The van der Waals surface area contributed by atoms with Crippen molar-refractivity contribution in [2.75, 3.05) is 13.7 Å². The van der Waals surface area contributed by atoms with Crippen LogP contribution in [-0.2, 0) is 20.7 Å². The van der Waals surface area contributed by atoms with Gasteiger partial charge in [0.25, 0.3) is 0 Å². The Hall–Kier alpha value is -3.72. The maximum Gasteiger partial charge on any atom is 0.202 e. The van der Waals surface area contributed by atoms with E-state index in [-0.39, 0.29) is 40.0 Å². The summed E-state index contributed by atoms with van der Waals surface area (Å²) in [4.78, 5) is 52.5. The summed E-state index contributed by atoms with van der Waals surface area (Å²) in [5, 5.41) is 54.0. The highest BCUT2D eigenvalue weighted by Gasteiger charge is 2.50. The highest BCUT2D eigenvalue weighted by atomic mass is 16.7. The van der Waals surface area contributed by atoms with Gasteiger partial charge < -0.3 is 45.5 Å². The van der Waals surface area contributed by atoms with Gasteiger partial charge in [-0.2, -0.15) is 0 Å². The molecule has 0 saturated carbocycles. The van der Waals surface area contributed by atoms with E-state index in [0.717, 1.165) is 0 Å². The van der Waals surface area contributed by atoms with E-state index in [1.165, 1.54) is 26.2 Å². The summed E-state index contributed by atoms with van der Waals surface area (Å²) in [6.45, 7) is 1.76. The number of benzene rings is 2. The quantitative estimate of drug-likeness (QED) is 0.168. The molecule has 5 rings (SSSR count). The van der Waals surface area contributed by atoms with E-state index in [2.05, 4.69) is 0 Å². The molecule has 0 radical (unpaired) electrons. The van der Waals surface area contributed by atoms with E-state index in [9.17, 15) is 44.7 Å². The molecule has 1 fully saturated rings. The number of aliphatic hydroxyl groups is 3. The average molecular weight is 586 g/mol. The first-order chi connectivity index (χ1) is 19.7. The molecule has 1 aliphatic heterocycles. The van der Waals surface area contributed by atoms with Crippen molar-refractivity contribution >= 4 is 23.1 Å². The van der Waals surface area contributed by atoms with Crippen LogP contribution >= 0.6 is 0 Å². The molecule has 0 aromatic heterocycles. The fourth-order valence-corrected chi connectivity index (χ4v) is 6.11. The number of fused-ring (bicyclic) bond motifs is 3. The molecule has 42 heavy (non-hydrogen) atoms. The van der Waals surface area contributed by atoms with Crippen LogP contribution in [0.3, 0.4) is 0 Å². The van der Waals surface area contributed by atoms with Crippen LogP contribution in [0.2, 0.25) is 0 Å². The lowest BCUT2D eigenvalue weighted by molar-refractivity contribution is -0.247. The fourth-order valence-electron chi connectivity index (χ4n) is 6.11. The fraction of sp³-hybridized carbons (Fsp3) is 0.448. The van der Waals surface area contributed by atoms with Crippen LogP contribution in [0.15, 0.2) is 12.1 Å². The molecule has 6 atom stereocenters. The van der Waals surface area contributed by atoms with Gasteiger partial charge in [0.05, 0.1) is 47.7 Å². The molecular weight excluding hydrogens is 554 g/mol. The van der Waals surface area contributed by atoms with Crippen LogP contribution < -0.4 is 10.5 Å². The number of methoxy groups -OCH3 is 1. The zero-order valence-corrected chi connectivity index (χ0v) is 23.0. The van der Waals surface area contributed by atoms with Crippen molar-refractivity contribution < 1.29 is 58.9 Å². The van der Waals surface area contributed by atoms with Crippen molar-refractivity contribution in [2.24, 2.45) is 5.73 Å². The molecule has 1 saturated heterocycles. The lowest BCUT2D eigenvalue weighted by Crippen LogP contribution is -2.53. The number of carbonyl (C=O) groups excluding carboxylic acids is 4. The van der Waals surface area contributed by atoms with Crippen molar-refractivity contribution in [2.45, 2.75) is 69.4 Å². The first-order valence-corrected chi connectivity index (χ1v) is 13.3. The number of ether oxygens (including phenoxy) is 3. The number of hydrogen-bond donors (Lipinski definition) is 6. The number of carbonyl (C=O) groups is 4. The summed E-state index contributed by atoms with van der Waals surface area (Å²) in [7, 11) is 1.22. The van der Waals surface area contributed by atoms with Gasteiger partial charge in [0, 0.05) is 42.0 Å². The molecule has 0 spiro atoms. The van der Waals surface area contributed by atoms with Crippen molar-refractivity contribution in [1.82, 2.24) is 0 Å². The third-order valence-corrected chi connectivity index (χ3v) is 8.30. The van der Waals surface area contributed by atoms with Crippen molar-refractivity contribution in [3.8, 4) is 17.2 Å². The number of Topliss-reactive ketones (excluding diaryl/α,β-unsaturated/α-hetero) is 2. The summed E-state index contributed by atoms with van der Waals surface area (Å²) < 4.78 is 17.1. The third kappa shape index (κ3) is 4.40. The minimum atomic E-state index is -2.29. The van der Waals surface area contributed by atoms with E-state index in [4.69, 9.17) is 19.9 Å². The SMILES string of the molecule is COc1c(C(C)=O)ccc2c1C(=O)c1c(O)c3c(c(O)c1C2=O)C[C@@](O)(C(=O)CO)C[C@@H]3O[C@H]1C[C@H](N)[C@H](O)[C@H](C)O1. The van der Waals surface area contributed by atoms with E-state index in [1.807, 2.05) is 0 Å². The topological polar surface area (TPSA) is 223 Å². The lowest BCUT2D eigenvalue weighted by Gasteiger charge is -2.42. The van der Waals surface area contributed by atoms with Gasteiger partial charge >= 0.3 is 0 Å². The number of nitrogens with two attached hydrogens (primary N) is 1. The molecular formula is C29H31NO12. The van der Waals surface area contributed by atoms with Crippen LogP contribution in [0, 0.1) is 0 Å². The number of aromatic hydroxyl groups is 2. The smallest absolute Gasteiger partial charge is 0.202 e. The molecule has 2 aliphatic carbocycles. The summed E-state index contributed by atoms with van der Waals surface area (Å²) in [6.07, 6.45) is -5.42. The summed E-state index contributed by atoms with van der Waals surface area (Å²) in [6, 6.07) is 1.79. The van der Waals surface area contributed by atoms with Crippen LogP contribution in [-0.4, -0.2) is 92.5 Å². The third-order valence-electron chi connectivity index (χ3n) is 8.30. The van der Waals surface area contributed by atoms with Gasteiger partial charge in [-0.3, -0.25) is 19.2 Å². The predicted molar refractivity (Wildman–Crippen MR) is 142 cm³/mol. The Labute approximate surface area is 239 Å². The molecule has 3 aliphatic rings. The van der Waals surface area contributed by atoms with Gasteiger partial charge in [-0.05, 0) is 26.0 Å². The molecule has 0 bridgehead atoms. The van der Waals surface area contributed by atoms with Crippen molar-refractivity contribution in [3.05, 3.63) is 51.1 Å². The first-order valence-electron chi connectivity index (χ1n) is 13.3. The molecule has 224 valence electrons. The highest BCUT2D eigenvalue weighted by molar-refractivity contribution is 6.32. The minimum absolute atomic E-state index is 0.0167. The Balaban J connectivity index is 1.71. The van der Waals surface area contributed by atoms with E-state index >= 15 is 0 Å². The predicted octanol–water partition coefficient (Wildman–Crippen LogP) is 0.204. The molecule has 2 aromatic rings. The molecule has 2 aromatic carbocycles. The Kier molecular flexibility index (Phi) is 7.46. The Bertz CT molecular complexity index is 1520. The minimum Gasteiger partial charge on any atom is -0.507 e. The maximum atomic E-state index is 13.9. The average Bonchev–Trinajstić information content (AvgIpc) is 2.94. The Morgan fingerprint density at radius 2 is 1.79 bits per heavy atom. The number of ketones is 4. The van der Waals surface area contributed by atoms with Crippen LogP contribution in [0.1, 0.15) is 86.1 Å². The Morgan fingerprint density at radius 3 is 2.38 bits per heavy atom. The monoisotopic (exact) mass is 585 g/mol. The molecule has 13 heteroatoms. The maximum absolute atomic E-state index is 13.9. The largest absolute Gasteiger partial charge is 0.507 e. The van der Waals surface area contributed by atoms with Crippen LogP contribution in [0.5, 0.6) is 17.2 Å². The van der Waals surface area contributed by atoms with Crippen LogP contribution in [0.25, 0.3) is 0 Å². The van der Waals surface area contributed by atoms with Gasteiger partial charge in [-0.1, -0.05) is 0 Å². The van der Waals surface area contributed by atoms with Crippen LogP contribution in [0.4, 0.5) is 0 Å². The number of phenolic OH excluding ortho intramolecular Hbond substituents is 2. The summed E-state index contributed by atoms with van der Waals surface area (Å²) in [5.41, 5.74) is 1.74. The molecule has 0 amide bonds. The lowest BCUT2D eigenvalue weighted by atomic mass is 9.71. The molecule has 0 unspecified atom stereocenters. The van der Waals surface area contributed by atoms with E-state index < -0.39 is 101 Å². The summed E-state index contributed by atoms with van der Waals surface area (Å²) in [5.74, 6) is -4.90. The Morgan fingerprint density at radius 1 is 1.12 bits per heavy atom. The molecule has 1 heterocycles. The van der Waals surface area contributed by atoms with Gasteiger partial charge in [-0.15, -0.1) is 0 Å². The second-order valence-corrected chi connectivity index (χ2v) is 10.9. The highest BCUT2D eigenvalue weighted by Crippen LogP contribution is 2.52. The number of hydrogen-bond acceptors (Lipinski definition) is 13. The molecule has 13 nitrogen and oxygen atoms in total.